The molecule has 0 saturated carbocycles. The highest BCUT2D eigenvalue weighted by Gasteiger charge is 2.14. The summed E-state index contributed by atoms with van der Waals surface area (Å²) in [5.74, 6) is -0.774. The molecule has 2 aromatic carbocycles. The van der Waals surface area contributed by atoms with Crippen LogP contribution in [0.1, 0.15) is 11.1 Å². The van der Waals surface area contributed by atoms with E-state index in [1.807, 2.05) is 30.3 Å². The predicted molar refractivity (Wildman–Crippen MR) is 94.0 cm³/mol. The average molecular weight is 342 g/mol. The molecule has 25 heavy (non-hydrogen) atoms. The molecule has 1 atom stereocenters. The summed E-state index contributed by atoms with van der Waals surface area (Å²) in [6.45, 7) is 0.256. The summed E-state index contributed by atoms with van der Waals surface area (Å²) < 4.78 is 5.05. The van der Waals surface area contributed by atoms with Crippen LogP contribution in [0.5, 0.6) is 5.75 Å². The molecule has 2 aromatic rings. The van der Waals surface area contributed by atoms with E-state index in [1.54, 1.807) is 31.4 Å². The molecule has 0 bridgehead atoms. The van der Waals surface area contributed by atoms with E-state index in [0.29, 0.717) is 6.42 Å². The molecule has 0 heterocycles. The number of nitrogens with one attached hydrogen (secondary N) is 2. The number of carbonyl (C=O) groups excluding carboxylic acids is 2. The second kappa shape index (κ2) is 9.44. The normalized spacial score (nSPS) is 11.4. The summed E-state index contributed by atoms with van der Waals surface area (Å²) in [4.78, 5) is 23.5. The maximum Gasteiger partial charge on any atom is 0.309 e. The summed E-state index contributed by atoms with van der Waals surface area (Å²) >= 11 is 0. The molecule has 0 aromatic heterocycles. The summed E-state index contributed by atoms with van der Waals surface area (Å²) in [6.07, 6.45) is -0.338. The van der Waals surface area contributed by atoms with Gasteiger partial charge in [-0.25, -0.2) is 0 Å². The Morgan fingerprint density at radius 2 is 1.60 bits per heavy atom. The minimum atomic E-state index is -0.763. The van der Waals surface area contributed by atoms with Gasteiger partial charge in [-0.3, -0.25) is 9.59 Å². The van der Waals surface area contributed by atoms with E-state index in [9.17, 15) is 14.7 Å². The SMILES string of the molecule is COc1ccc(CNC(=O)C(=O)NCC(O)Cc2ccccc2)cc1. The van der Waals surface area contributed by atoms with Crippen LogP contribution in [-0.4, -0.2) is 36.7 Å². The lowest BCUT2D eigenvalue weighted by atomic mass is 10.1. The van der Waals surface area contributed by atoms with Gasteiger partial charge >= 0.3 is 11.8 Å². The van der Waals surface area contributed by atoms with Crippen LogP contribution in [0.2, 0.25) is 0 Å². The number of hydrogen-bond donors (Lipinski definition) is 3. The lowest BCUT2D eigenvalue weighted by Gasteiger charge is -2.12. The summed E-state index contributed by atoms with van der Waals surface area (Å²) in [6, 6.07) is 16.6. The Labute approximate surface area is 146 Å². The van der Waals surface area contributed by atoms with Crippen molar-refractivity contribution in [2.75, 3.05) is 13.7 Å². The number of benzene rings is 2. The van der Waals surface area contributed by atoms with Crippen LogP contribution < -0.4 is 15.4 Å². The van der Waals surface area contributed by atoms with Crippen molar-refractivity contribution >= 4 is 11.8 Å². The Balaban J connectivity index is 1.71. The van der Waals surface area contributed by atoms with E-state index < -0.39 is 17.9 Å². The molecular formula is C19H22N2O4. The number of methoxy groups -OCH3 is 1. The topological polar surface area (TPSA) is 87.7 Å². The first-order chi connectivity index (χ1) is 12.1. The Morgan fingerprint density at radius 3 is 2.24 bits per heavy atom. The van der Waals surface area contributed by atoms with Gasteiger partial charge in [0.1, 0.15) is 5.75 Å². The van der Waals surface area contributed by atoms with Crippen LogP contribution in [0.4, 0.5) is 0 Å². The fourth-order valence-electron chi connectivity index (χ4n) is 2.26. The van der Waals surface area contributed by atoms with Gasteiger partial charge < -0.3 is 20.5 Å². The zero-order chi connectivity index (χ0) is 18.1. The van der Waals surface area contributed by atoms with Gasteiger partial charge in [0.2, 0.25) is 0 Å². The highest BCUT2D eigenvalue weighted by atomic mass is 16.5. The number of carbonyl (C=O) groups is 2. The van der Waals surface area contributed by atoms with Gasteiger partial charge in [0.25, 0.3) is 0 Å². The number of aliphatic hydroxyl groups excluding tert-OH is 1. The molecular weight excluding hydrogens is 320 g/mol. The highest BCUT2D eigenvalue weighted by Crippen LogP contribution is 2.10. The Kier molecular flexibility index (Phi) is 6.98. The number of aliphatic hydroxyl groups is 1. The molecule has 6 nitrogen and oxygen atoms in total. The number of hydrogen-bond acceptors (Lipinski definition) is 4. The summed E-state index contributed by atoms with van der Waals surface area (Å²) in [5.41, 5.74) is 1.82. The molecule has 0 radical (unpaired) electrons. The second-order valence-corrected chi connectivity index (χ2v) is 5.58. The Hall–Kier alpha value is -2.86. The van der Waals surface area contributed by atoms with Gasteiger partial charge in [0.15, 0.2) is 0 Å². The predicted octanol–water partition coefficient (Wildman–Crippen LogP) is 1.03. The molecule has 132 valence electrons. The zero-order valence-corrected chi connectivity index (χ0v) is 14.1. The van der Waals surface area contributed by atoms with E-state index in [0.717, 1.165) is 16.9 Å². The van der Waals surface area contributed by atoms with Crippen LogP contribution in [0, 0.1) is 0 Å². The van der Waals surface area contributed by atoms with Crippen molar-refractivity contribution in [1.29, 1.82) is 0 Å². The second-order valence-electron chi connectivity index (χ2n) is 5.58. The van der Waals surface area contributed by atoms with E-state index in [1.165, 1.54) is 0 Å². The number of rotatable bonds is 7. The van der Waals surface area contributed by atoms with E-state index in [4.69, 9.17) is 4.74 Å². The molecule has 0 aliphatic heterocycles. The summed E-state index contributed by atoms with van der Waals surface area (Å²) in [7, 11) is 1.58. The molecule has 2 rings (SSSR count). The Morgan fingerprint density at radius 1 is 0.960 bits per heavy atom. The third kappa shape index (κ3) is 6.27. The van der Waals surface area contributed by atoms with Gasteiger partial charge in [-0.15, -0.1) is 0 Å². The van der Waals surface area contributed by atoms with Crippen molar-refractivity contribution in [2.45, 2.75) is 19.1 Å². The van der Waals surface area contributed by atoms with E-state index >= 15 is 0 Å². The van der Waals surface area contributed by atoms with Crippen LogP contribution in [0.3, 0.4) is 0 Å². The van der Waals surface area contributed by atoms with Gasteiger partial charge in [-0.1, -0.05) is 42.5 Å². The molecule has 0 aliphatic rings. The molecule has 0 saturated heterocycles. The lowest BCUT2D eigenvalue weighted by Crippen LogP contribution is -2.42. The quantitative estimate of drug-likeness (QED) is 0.656. The summed E-state index contributed by atoms with van der Waals surface area (Å²) in [5, 5.41) is 14.9. The van der Waals surface area contributed by atoms with E-state index in [2.05, 4.69) is 10.6 Å². The first-order valence-corrected chi connectivity index (χ1v) is 7.99. The van der Waals surface area contributed by atoms with Gasteiger partial charge in [0, 0.05) is 19.5 Å². The Bertz CT molecular complexity index is 686. The number of ether oxygens (including phenoxy) is 1. The zero-order valence-electron chi connectivity index (χ0n) is 14.1. The lowest BCUT2D eigenvalue weighted by molar-refractivity contribution is -0.139. The maximum absolute atomic E-state index is 11.8. The third-order valence-corrected chi connectivity index (χ3v) is 3.63. The highest BCUT2D eigenvalue weighted by molar-refractivity contribution is 6.35. The monoisotopic (exact) mass is 342 g/mol. The molecule has 0 fully saturated rings. The molecule has 0 spiro atoms. The first-order valence-electron chi connectivity index (χ1n) is 7.99. The van der Waals surface area contributed by atoms with Gasteiger partial charge in [0.05, 0.1) is 13.2 Å². The van der Waals surface area contributed by atoms with Crippen LogP contribution in [-0.2, 0) is 22.6 Å². The minimum absolute atomic E-state index is 0.0175. The van der Waals surface area contributed by atoms with Crippen molar-refractivity contribution < 1.29 is 19.4 Å². The smallest absolute Gasteiger partial charge is 0.309 e. The van der Waals surface area contributed by atoms with Crippen LogP contribution in [0.15, 0.2) is 54.6 Å². The molecule has 2 amide bonds. The fraction of sp³-hybridized carbons (Fsp3) is 0.263. The first kappa shape index (κ1) is 18.5. The average Bonchev–Trinajstić information content (AvgIpc) is 2.65. The molecule has 0 aliphatic carbocycles. The molecule has 1 unspecified atom stereocenters. The van der Waals surface area contributed by atoms with Crippen molar-refractivity contribution in [3.8, 4) is 5.75 Å². The van der Waals surface area contributed by atoms with Gasteiger partial charge in [-0.05, 0) is 23.3 Å². The minimum Gasteiger partial charge on any atom is -0.497 e. The van der Waals surface area contributed by atoms with Crippen molar-refractivity contribution in [3.05, 3.63) is 65.7 Å². The van der Waals surface area contributed by atoms with Crippen LogP contribution in [0.25, 0.3) is 0 Å². The van der Waals surface area contributed by atoms with Crippen molar-refractivity contribution in [2.24, 2.45) is 0 Å². The fourth-order valence-corrected chi connectivity index (χ4v) is 2.26. The third-order valence-electron chi connectivity index (χ3n) is 3.63. The molecule has 6 heteroatoms. The van der Waals surface area contributed by atoms with Gasteiger partial charge in [-0.2, -0.15) is 0 Å². The van der Waals surface area contributed by atoms with Crippen molar-refractivity contribution in [3.63, 3.8) is 0 Å². The standard InChI is InChI=1S/C19H22N2O4/c1-25-17-9-7-15(8-10-17)12-20-18(23)19(24)21-13-16(22)11-14-5-3-2-4-6-14/h2-10,16,22H,11-13H2,1H3,(H,20,23)(H,21,24). The van der Waals surface area contributed by atoms with E-state index in [-0.39, 0.29) is 13.1 Å². The number of amides is 2. The largest absolute Gasteiger partial charge is 0.497 e. The van der Waals surface area contributed by atoms with Crippen molar-refractivity contribution in [1.82, 2.24) is 10.6 Å². The maximum atomic E-state index is 11.8. The van der Waals surface area contributed by atoms with Crippen LogP contribution >= 0.6 is 0 Å². The molecule has 3 N–H and O–H groups in total.